The smallest absolute Gasteiger partial charge is 0.382 e. The van der Waals surface area contributed by atoms with Crippen LogP contribution in [0.15, 0.2) is 72.8 Å². The lowest BCUT2D eigenvalue weighted by Crippen LogP contribution is -2.17. The van der Waals surface area contributed by atoms with Crippen molar-refractivity contribution in [3.63, 3.8) is 0 Å². The third-order valence-electron chi connectivity index (χ3n) is 9.00. The molecule has 8 nitrogen and oxygen atoms in total. The number of hydrogen-bond donors (Lipinski definition) is 2. The molecule has 0 spiro atoms. The summed E-state index contributed by atoms with van der Waals surface area (Å²) in [5.41, 5.74) is 7.93. The first-order valence-electron chi connectivity index (χ1n) is 16.6. The van der Waals surface area contributed by atoms with E-state index >= 15 is 0 Å². The van der Waals surface area contributed by atoms with Crippen LogP contribution in [-0.4, -0.2) is 34.1 Å². The van der Waals surface area contributed by atoms with Gasteiger partial charge < -0.3 is 19.7 Å². The van der Waals surface area contributed by atoms with Crippen LogP contribution in [-0.2, 0) is 57.7 Å². The van der Waals surface area contributed by atoms with Gasteiger partial charge in [0.15, 0.2) is 0 Å². The maximum Gasteiger partial charge on any atom is 0.382 e. The molecule has 0 heterocycles. The van der Waals surface area contributed by atoms with Crippen molar-refractivity contribution in [2.75, 3.05) is 0 Å². The van der Waals surface area contributed by atoms with Crippen LogP contribution in [0.25, 0.3) is 11.1 Å². The molecule has 250 valence electrons. The Balaban J connectivity index is 1.39. The molecule has 0 bridgehead atoms. The molecule has 0 aliphatic heterocycles. The first kappa shape index (κ1) is 33.8. The molecule has 6 rings (SSSR count). The van der Waals surface area contributed by atoms with Gasteiger partial charge in [0.25, 0.3) is 0 Å². The predicted octanol–water partition coefficient (Wildman–Crippen LogP) is 6.28. The second kappa shape index (κ2) is 15.4. The molecule has 2 aliphatic rings. The van der Waals surface area contributed by atoms with Crippen molar-refractivity contribution in [2.24, 2.45) is 0 Å². The van der Waals surface area contributed by atoms with Gasteiger partial charge in [-0.05, 0) is 109 Å². The van der Waals surface area contributed by atoms with Gasteiger partial charge in [0.05, 0.1) is 12.8 Å². The molecule has 0 amide bonds. The number of aryl methyl sites for hydroxylation is 2. The highest BCUT2D eigenvalue weighted by molar-refractivity contribution is 5.90. The molecule has 0 saturated carbocycles. The monoisotopic (exact) mass is 666 g/mol. The maximum absolute atomic E-state index is 13.6. The van der Waals surface area contributed by atoms with Crippen molar-refractivity contribution >= 4 is 23.9 Å². The number of hydrogen-bond acceptors (Lipinski definition) is 6. The largest absolute Gasteiger partial charge is 0.472 e. The molecule has 4 aromatic carbocycles. The van der Waals surface area contributed by atoms with Gasteiger partial charge >= 0.3 is 23.9 Å². The molecule has 4 aromatic rings. The van der Waals surface area contributed by atoms with Crippen LogP contribution in [0.1, 0.15) is 70.2 Å². The quantitative estimate of drug-likeness (QED) is 0.134. The summed E-state index contributed by atoms with van der Waals surface area (Å²) in [5.74, 6) is 6.60. The fourth-order valence-corrected chi connectivity index (χ4v) is 6.79. The minimum atomic E-state index is -1.26. The molecule has 0 fully saturated rings. The van der Waals surface area contributed by atoms with Gasteiger partial charge in [0.2, 0.25) is 0 Å². The number of carboxylic acid groups (broad SMARTS) is 2. The van der Waals surface area contributed by atoms with Gasteiger partial charge in [-0.2, -0.15) is 0 Å². The Kier molecular flexibility index (Phi) is 10.4. The Morgan fingerprint density at radius 1 is 0.540 bits per heavy atom. The van der Waals surface area contributed by atoms with Gasteiger partial charge in [-0.1, -0.05) is 60.4 Å². The van der Waals surface area contributed by atoms with E-state index in [4.69, 9.17) is 19.7 Å². The molecule has 0 saturated heterocycles. The van der Waals surface area contributed by atoms with E-state index in [9.17, 15) is 19.2 Å². The van der Waals surface area contributed by atoms with Crippen LogP contribution in [0.2, 0.25) is 0 Å². The Labute approximate surface area is 290 Å². The van der Waals surface area contributed by atoms with E-state index in [1.165, 1.54) is 0 Å². The summed E-state index contributed by atoms with van der Waals surface area (Å²) in [6.07, 6.45) is 7.06. The molecule has 0 radical (unpaired) electrons. The molecule has 0 unspecified atom stereocenters. The van der Waals surface area contributed by atoms with E-state index in [0.717, 1.165) is 84.7 Å². The summed E-state index contributed by atoms with van der Waals surface area (Å²) >= 11 is 0. The predicted molar refractivity (Wildman–Crippen MR) is 186 cm³/mol. The van der Waals surface area contributed by atoms with Crippen LogP contribution < -0.4 is 9.47 Å². The lowest BCUT2D eigenvalue weighted by molar-refractivity contribution is -0.134. The lowest BCUT2D eigenvalue weighted by Gasteiger charge is -2.27. The number of rotatable bonds is 7. The molecule has 2 aliphatic carbocycles. The summed E-state index contributed by atoms with van der Waals surface area (Å²) in [4.78, 5) is 49.3. The Morgan fingerprint density at radius 2 is 0.940 bits per heavy atom. The Morgan fingerprint density at radius 3 is 1.36 bits per heavy atom. The summed E-state index contributed by atoms with van der Waals surface area (Å²) in [6.45, 7) is 0. The minimum absolute atomic E-state index is 0.125. The van der Waals surface area contributed by atoms with Crippen molar-refractivity contribution < 1.29 is 38.9 Å². The Hall–Kier alpha value is -6.12. The van der Waals surface area contributed by atoms with Gasteiger partial charge in [0.1, 0.15) is 11.5 Å². The number of ether oxygens (including phenoxy) is 2. The van der Waals surface area contributed by atoms with E-state index in [1.807, 2.05) is 24.3 Å². The molecule has 0 aromatic heterocycles. The number of carbonyl (C=O) groups excluding carboxylic acids is 2. The molecule has 50 heavy (non-hydrogen) atoms. The minimum Gasteiger partial charge on any atom is -0.472 e. The third-order valence-corrected chi connectivity index (χ3v) is 9.00. The van der Waals surface area contributed by atoms with Crippen molar-refractivity contribution in [2.45, 2.75) is 64.2 Å². The van der Waals surface area contributed by atoms with Crippen LogP contribution in [0.4, 0.5) is 0 Å². The highest BCUT2D eigenvalue weighted by atomic mass is 16.5. The average molecular weight is 667 g/mol. The molecule has 8 heteroatoms. The van der Waals surface area contributed by atoms with Gasteiger partial charge in [-0.15, -0.1) is 0 Å². The first-order chi connectivity index (χ1) is 24.3. The zero-order valence-electron chi connectivity index (χ0n) is 27.3. The van der Waals surface area contributed by atoms with Crippen LogP contribution >= 0.6 is 0 Å². The Bertz CT molecular complexity index is 1980. The lowest BCUT2D eigenvalue weighted by atomic mass is 9.80. The van der Waals surface area contributed by atoms with Crippen molar-refractivity contribution in [1.82, 2.24) is 0 Å². The van der Waals surface area contributed by atoms with Crippen LogP contribution in [0.3, 0.4) is 0 Å². The summed E-state index contributed by atoms with van der Waals surface area (Å²) in [5, 5.41) is 18.1. The number of carboxylic acids is 2. The first-order valence-corrected chi connectivity index (χ1v) is 16.6. The van der Waals surface area contributed by atoms with Crippen LogP contribution in [0.5, 0.6) is 11.5 Å². The van der Waals surface area contributed by atoms with E-state index in [1.54, 1.807) is 48.5 Å². The van der Waals surface area contributed by atoms with E-state index < -0.39 is 23.9 Å². The summed E-state index contributed by atoms with van der Waals surface area (Å²) in [6, 6.07) is 21.4. The number of esters is 2. The molecule has 0 atom stereocenters. The summed E-state index contributed by atoms with van der Waals surface area (Å²) in [7, 11) is 0. The van der Waals surface area contributed by atoms with Gasteiger partial charge in [-0.3, -0.25) is 9.59 Å². The van der Waals surface area contributed by atoms with E-state index in [0.29, 0.717) is 33.8 Å². The SMILES string of the molecule is O=C(O)C#Cc1ccccc1CC(=O)Oc1ccc2c(c1-c1c(OC(=O)Cc3ccccc3C#CC(=O)O)ccc3c1CCCC3)CCCC2. The fraction of sp³-hybridized carbons (Fsp3) is 0.238. The zero-order valence-corrected chi connectivity index (χ0v) is 27.3. The maximum atomic E-state index is 13.6. The summed E-state index contributed by atoms with van der Waals surface area (Å²) < 4.78 is 12.3. The molecular formula is C42H34O8. The highest BCUT2D eigenvalue weighted by Crippen LogP contribution is 2.47. The van der Waals surface area contributed by atoms with E-state index in [2.05, 4.69) is 23.7 Å². The standard InChI is InChI=1S/C42H34O8/c43-37(44)23-19-27-9-1-3-13-31(27)25-39(47)49-35-21-17-29-11-5-7-15-33(29)41(35)42-34-16-8-6-12-30(34)18-22-36(42)50-40(48)26-32-14-4-2-10-28(32)20-24-38(45)46/h1-4,9-10,13-14,17-18,21-22H,5-8,11-12,15-16,25-26H2,(H,43,44)(H,45,46). The van der Waals surface area contributed by atoms with Gasteiger partial charge in [-0.25, -0.2) is 9.59 Å². The number of fused-ring (bicyclic) bond motifs is 2. The van der Waals surface area contributed by atoms with Crippen molar-refractivity contribution in [3.05, 3.63) is 117 Å². The number of benzene rings is 4. The van der Waals surface area contributed by atoms with Crippen molar-refractivity contribution in [1.29, 1.82) is 0 Å². The fourth-order valence-electron chi connectivity index (χ4n) is 6.79. The van der Waals surface area contributed by atoms with Gasteiger partial charge in [0, 0.05) is 34.1 Å². The highest BCUT2D eigenvalue weighted by Gasteiger charge is 2.28. The van der Waals surface area contributed by atoms with Crippen LogP contribution in [0, 0.1) is 23.7 Å². The van der Waals surface area contributed by atoms with Crippen molar-refractivity contribution in [3.8, 4) is 46.3 Å². The second-order valence-corrected chi connectivity index (χ2v) is 12.3. The zero-order chi connectivity index (χ0) is 35.0. The second-order valence-electron chi connectivity index (χ2n) is 12.3. The topological polar surface area (TPSA) is 127 Å². The normalized spacial score (nSPS) is 12.9. The molecule has 2 N–H and O–H groups in total. The van der Waals surface area contributed by atoms with E-state index in [-0.39, 0.29) is 12.8 Å². The average Bonchev–Trinajstić information content (AvgIpc) is 3.11. The number of aliphatic carboxylic acids is 2. The number of carbonyl (C=O) groups is 4. The third kappa shape index (κ3) is 7.94. The molecular weight excluding hydrogens is 632 g/mol.